The maximum atomic E-state index is 5.76. The largest absolute Gasteiger partial charge is 0.399 e. The van der Waals surface area contributed by atoms with E-state index in [0.717, 1.165) is 35.3 Å². The lowest BCUT2D eigenvalue weighted by Gasteiger charge is -2.16. The highest BCUT2D eigenvalue weighted by Gasteiger charge is 2.06. The first-order valence-corrected chi connectivity index (χ1v) is 6.10. The van der Waals surface area contributed by atoms with E-state index in [1.165, 1.54) is 0 Å². The van der Waals surface area contributed by atoms with Gasteiger partial charge in [-0.15, -0.1) is 0 Å². The van der Waals surface area contributed by atoms with Gasteiger partial charge < -0.3 is 15.8 Å². The molecule has 1 unspecified atom stereocenters. The van der Waals surface area contributed by atoms with E-state index < -0.39 is 0 Å². The number of rotatable bonds is 5. The van der Waals surface area contributed by atoms with Crippen LogP contribution in [-0.2, 0) is 4.74 Å². The summed E-state index contributed by atoms with van der Waals surface area (Å²) in [6.07, 6.45) is 2.77. The van der Waals surface area contributed by atoms with E-state index in [1.54, 1.807) is 13.3 Å². The fourth-order valence-corrected chi connectivity index (χ4v) is 1.92. The third kappa shape index (κ3) is 2.90. The van der Waals surface area contributed by atoms with Crippen LogP contribution in [0.25, 0.3) is 10.9 Å². The highest BCUT2D eigenvalue weighted by Crippen LogP contribution is 2.24. The van der Waals surface area contributed by atoms with Crippen molar-refractivity contribution in [2.75, 3.05) is 24.8 Å². The lowest BCUT2D eigenvalue weighted by atomic mass is 10.1. The molecule has 0 aliphatic rings. The standard InChI is InChI=1S/C14H19N3O/c1-10(6-8-18-2)17-13-5-7-16-14-9-11(15)3-4-12(13)14/h3-5,7,9-10H,6,8,15H2,1-2H3,(H,16,17). The molecule has 1 aromatic heterocycles. The van der Waals surface area contributed by atoms with E-state index in [9.17, 15) is 0 Å². The number of nitrogens with one attached hydrogen (secondary N) is 1. The summed E-state index contributed by atoms with van der Waals surface area (Å²) in [5.74, 6) is 0. The number of fused-ring (bicyclic) bond motifs is 1. The first-order chi connectivity index (χ1) is 8.70. The van der Waals surface area contributed by atoms with Crippen molar-refractivity contribution >= 4 is 22.3 Å². The molecule has 1 aromatic carbocycles. The average molecular weight is 245 g/mol. The van der Waals surface area contributed by atoms with Crippen molar-refractivity contribution in [2.24, 2.45) is 0 Å². The Balaban J connectivity index is 2.22. The van der Waals surface area contributed by atoms with Gasteiger partial charge in [-0.05, 0) is 37.6 Å². The fourth-order valence-electron chi connectivity index (χ4n) is 1.92. The molecule has 0 amide bonds. The van der Waals surface area contributed by atoms with Crippen LogP contribution in [0.2, 0.25) is 0 Å². The highest BCUT2D eigenvalue weighted by molar-refractivity contribution is 5.92. The Hall–Kier alpha value is -1.81. The molecule has 18 heavy (non-hydrogen) atoms. The van der Waals surface area contributed by atoms with Gasteiger partial charge >= 0.3 is 0 Å². The van der Waals surface area contributed by atoms with E-state index in [0.29, 0.717) is 6.04 Å². The summed E-state index contributed by atoms with van der Waals surface area (Å²) in [6.45, 7) is 2.90. The maximum absolute atomic E-state index is 5.76. The lowest BCUT2D eigenvalue weighted by molar-refractivity contribution is 0.191. The van der Waals surface area contributed by atoms with Crippen molar-refractivity contribution in [3.8, 4) is 0 Å². The lowest BCUT2D eigenvalue weighted by Crippen LogP contribution is -2.17. The maximum Gasteiger partial charge on any atom is 0.0743 e. The van der Waals surface area contributed by atoms with Crippen LogP contribution in [0.4, 0.5) is 11.4 Å². The Morgan fingerprint density at radius 2 is 2.22 bits per heavy atom. The van der Waals surface area contributed by atoms with Crippen LogP contribution in [0.5, 0.6) is 0 Å². The van der Waals surface area contributed by atoms with Gasteiger partial charge in [-0.2, -0.15) is 0 Å². The molecule has 3 N–H and O–H groups in total. The van der Waals surface area contributed by atoms with Gasteiger partial charge in [0.2, 0.25) is 0 Å². The summed E-state index contributed by atoms with van der Waals surface area (Å²) in [6, 6.07) is 8.13. The number of benzene rings is 1. The third-order valence-corrected chi connectivity index (χ3v) is 2.92. The number of aromatic nitrogens is 1. The van der Waals surface area contributed by atoms with Gasteiger partial charge in [-0.3, -0.25) is 4.98 Å². The molecule has 0 aliphatic carbocycles. The van der Waals surface area contributed by atoms with Gasteiger partial charge in [-0.25, -0.2) is 0 Å². The molecule has 0 bridgehead atoms. The van der Waals surface area contributed by atoms with Gasteiger partial charge in [0.05, 0.1) is 5.52 Å². The molecule has 0 radical (unpaired) electrons. The number of pyridine rings is 1. The summed E-state index contributed by atoms with van der Waals surface area (Å²) in [7, 11) is 1.72. The predicted molar refractivity (Wildman–Crippen MR) is 75.7 cm³/mol. The van der Waals surface area contributed by atoms with Crippen LogP contribution in [0.1, 0.15) is 13.3 Å². The van der Waals surface area contributed by atoms with Crippen LogP contribution in [-0.4, -0.2) is 24.7 Å². The summed E-state index contributed by atoms with van der Waals surface area (Å²) in [5, 5.41) is 4.57. The van der Waals surface area contributed by atoms with Crippen molar-refractivity contribution in [3.05, 3.63) is 30.5 Å². The quantitative estimate of drug-likeness (QED) is 0.795. The molecule has 1 atom stereocenters. The predicted octanol–water partition coefficient (Wildman–Crippen LogP) is 2.65. The van der Waals surface area contributed by atoms with Crippen LogP contribution < -0.4 is 11.1 Å². The molecule has 96 valence electrons. The Morgan fingerprint density at radius 1 is 1.39 bits per heavy atom. The molecular formula is C14H19N3O. The van der Waals surface area contributed by atoms with E-state index in [2.05, 4.69) is 17.2 Å². The van der Waals surface area contributed by atoms with E-state index in [1.807, 2.05) is 24.3 Å². The molecule has 4 heteroatoms. The van der Waals surface area contributed by atoms with Crippen molar-refractivity contribution in [1.82, 2.24) is 4.98 Å². The minimum absolute atomic E-state index is 0.355. The van der Waals surface area contributed by atoms with E-state index in [4.69, 9.17) is 10.5 Å². The summed E-state index contributed by atoms with van der Waals surface area (Å²) >= 11 is 0. The first kappa shape index (κ1) is 12.6. The first-order valence-electron chi connectivity index (χ1n) is 6.10. The zero-order chi connectivity index (χ0) is 13.0. The number of nitrogen functional groups attached to an aromatic ring is 1. The Morgan fingerprint density at radius 3 is 3.00 bits per heavy atom. The second kappa shape index (κ2) is 5.69. The number of ether oxygens (including phenoxy) is 1. The zero-order valence-electron chi connectivity index (χ0n) is 10.8. The Bertz CT molecular complexity index is 527. The Labute approximate surface area is 107 Å². The molecule has 2 aromatic rings. The third-order valence-electron chi connectivity index (χ3n) is 2.92. The fraction of sp³-hybridized carbons (Fsp3) is 0.357. The molecule has 0 saturated heterocycles. The zero-order valence-corrected chi connectivity index (χ0v) is 10.8. The molecule has 4 nitrogen and oxygen atoms in total. The second-order valence-electron chi connectivity index (χ2n) is 4.46. The molecule has 1 heterocycles. The van der Waals surface area contributed by atoms with Crippen LogP contribution in [0, 0.1) is 0 Å². The van der Waals surface area contributed by atoms with Crippen molar-refractivity contribution in [2.45, 2.75) is 19.4 Å². The minimum atomic E-state index is 0.355. The number of hydrogen-bond acceptors (Lipinski definition) is 4. The number of nitrogens with zero attached hydrogens (tertiary/aromatic N) is 1. The van der Waals surface area contributed by atoms with Crippen LogP contribution in [0.3, 0.4) is 0 Å². The highest BCUT2D eigenvalue weighted by atomic mass is 16.5. The number of hydrogen-bond donors (Lipinski definition) is 2. The van der Waals surface area contributed by atoms with Gasteiger partial charge in [0.25, 0.3) is 0 Å². The van der Waals surface area contributed by atoms with Gasteiger partial charge in [-0.1, -0.05) is 0 Å². The van der Waals surface area contributed by atoms with Crippen molar-refractivity contribution < 1.29 is 4.74 Å². The molecule has 0 aliphatic heterocycles. The smallest absolute Gasteiger partial charge is 0.0743 e. The molecule has 0 spiro atoms. The minimum Gasteiger partial charge on any atom is -0.399 e. The number of methoxy groups -OCH3 is 1. The monoisotopic (exact) mass is 245 g/mol. The second-order valence-corrected chi connectivity index (χ2v) is 4.46. The molecule has 0 saturated carbocycles. The topological polar surface area (TPSA) is 60.2 Å². The Kier molecular flexibility index (Phi) is 3.99. The molecular weight excluding hydrogens is 226 g/mol. The van der Waals surface area contributed by atoms with Crippen molar-refractivity contribution in [1.29, 1.82) is 0 Å². The number of nitrogens with two attached hydrogens (primary N) is 1. The van der Waals surface area contributed by atoms with Gasteiger partial charge in [0.15, 0.2) is 0 Å². The van der Waals surface area contributed by atoms with Crippen LogP contribution >= 0.6 is 0 Å². The van der Waals surface area contributed by atoms with E-state index >= 15 is 0 Å². The summed E-state index contributed by atoms with van der Waals surface area (Å²) < 4.78 is 5.08. The molecule has 2 rings (SSSR count). The average Bonchev–Trinajstić information content (AvgIpc) is 2.36. The van der Waals surface area contributed by atoms with Gasteiger partial charge in [0, 0.05) is 42.7 Å². The van der Waals surface area contributed by atoms with Gasteiger partial charge in [0.1, 0.15) is 0 Å². The summed E-state index contributed by atoms with van der Waals surface area (Å²) in [5.41, 5.74) is 8.50. The summed E-state index contributed by atoms with van der Waals surface area (Å²) in [4.78, 5) is 4.33. The number of anilines is 2. The van der Waals surface area contributed by atoms with Crippen molar-refractivity contribution in [3.63, 3.8) is 0 Å². The molecule has 0 fully saturated rings. The SMILES string of the molecule is COCCC(C)Nc1ccnc2cc(N)ccc12. The van der Waals surface area contributed by atoms with E-state index in [-0.39, 0.29) is 0 Å². The van der Waals surface area contributed by atoms with Crippen LogP contribution in [0.15, 0.2) is 30.5 Å². The normalized spacial score (nSPS) is 12.6.